The van der Waals surface area contributed by atoms with Gasteiger partial charge in [-0.25, -0.2) is 8.78 Å². The fourth-order valence-corrected chi connectivity index (χ4v) is 3.03. The number of amides is 1. The molecule has 1 aliphatic heterocycles. The molecule has 1 heterocycles. The van der Waals surface area contributed by atoms with Gasteiger partial charge in [-0.15, -0.1) is 0 Å². The molecule has 2 N–H and O–H groups in total. The van der Waals surface area contributed by atoms with Crippen molar-refractivity contribution >= 4 is 23.4 Å². The lowest BCUT2D eigenvalue weighted by Gasteiger charge is -2.28. The Balaban J connectivity index is 1.74. The van der Waals surface area contributed by atoms with Crippen LogP contribution in [0.5, 0.6) is 0 Å². The number of halogens is 2. The third kappa shape index (κ3) is 5.11. The molecule has 0 fully saturated rings. The van der Waals surface area contributed by atoms with Gasteiger partial charge in [-0.1, -0.05) is 18.2 Å². The number of methoxy groups -OCH3 is 1. The van der Waals surface area contributed by atoms with Crippen molar-refractivity contribution in [2.75, 3.05) is 25.2 Å². The van der Waals surface area contributed by atoms with Gasteiger partial charge >= 0.3 is 5.97 Å². The molecule has 1 atom stereocenters. The monoisotopic (exact) mass is 416 g/mol. The van der Waals surface area contributed by atoms with Crippen LogP contribution in [0.2, 0.25) is 0 Å². The number of aliphatic imine (C=N–C) groups is 1. The molecule has 9 heteroatoms. The Kier molecular flexibility index (Phi) is 6.29. The van der Waals surface area contributed by atoms with Crippen LogP contribution < -0.4 is 15.8 Å². The summed E-state index contributed by atoms with van der Waals surface area (Å²) in [5, 5.41) is 4.40. The molecule has 0 saturated heterocycles. The van der Waals surface area contributed by atoms with Gasteiger partial charge in [0.15, 0.2) is 5.54 Å². The Labute approximate surface area is 172 Å². The van der Waals surface area contributed by atoms with Crippen LogP contribution in [0, 0.1) is 11.6 Å². The van der Waals surface area contributed by atoms with E-state index >= 15 is 0 Å². The van der Waals surface area contributed by atoms with Crippen LogP contribution in [0.25, 0.3) is 0 Å². The average molecular weight is 416 g/mol. The first-order chi connectivity index (χ1) is 14.3. The molecule has 1 amide bonds. The van der Waals surface area contributed by atoms with Gasteiger partial charge in [-0.3, -0.25) is 25.0 Å². The fourth-order valence-electron chi connectivity index (χ4n) is 3.03. The number of nitrogens with one attached hydrogen (secondary N) is 2. The van der Waals surface area contributed by atoms with Crippen molar-refractivity contribution < 1.29 is 23.1 Å². The number of ether oxygens (including phenoxy) is 1. The molecule has 1 aliphatic rings. The lowest BCUT2D eigenvalue weighted by Crippen LogP contribution is -2.54. The topological polar surface area (TPSA) is 83.0 Å². The highest BCUT2D eigenvalue weighted by Crippen LogP contribution is 2.19. The molecule has 0 aromatic heterocycles. The standard InChI is InChI=1S/C21H22F2N4O3/c1-21(13-24-18(25-21)10-14-8-15(22)11-16(23)9-14)20(29)26-27(12-19(28)30-2)17-6-4-3-5-7-17/h3-9,11H,10,12-13H2,1-2H3,(H,24,25)(H,26,29). The number of anilines is 1. The number of nitrogens with zero attached hydrogens (tertiary/aromatic N) is 2. The van der Waals surface area contributed by atoms with Crippen molar-refractivity contribution in [3.05, 3.63) is 65.7 Å². The van der Waals surface area contributed by atoms with Crippen LogP contribution in [0.4, 0.5) is 14.5 Å². The highest BCUT2D eigenvalue weighted by atomic mass is 19.1. The van der Waals surface area contributed by atoms with Crippen LogP contribution in [0.3, 0.4) is 0 Å². The predicted octanol–water partition coefficient (Wildman–Crippen LogP) is 1.98. The van der Waals surface area contributed by atoms with Crippen LogP contribution in [0.1, 0.15) is 12.5 Å². The van der Waals surface area contributed by atoms with E-state index in [-0.39, 0.29) is 19.5 Å². The maximum absolute atomic E-state index is 13.4. The molecule has 0 saturated carbocycles. The molecular formula is C21H22F2N4O3. The van der Waals surface area contributed by atoms with Gasteiger partial charge < -0.3 is 10.1 Å². The minimum atomic E-state index is -1.16. The van der Waals surface area contributed by atoms with Crippen LogP contribution in [0.15, 0.2) is 53.5 Å². The summed E-state index contributed by atoms with van der Waals surface area (Å²) in [5.74, 6) is -1.87. The largest absolute Gasteiger partial charge is 0.468 e. The number of esters is 1. The van der Waals surface area contributed by atoms with E-state index in [2.05, 4.69) is 15.7 Å². The molecule has 7 nitrogen and oxygen atoms in total. The highest BCUT2D eigenvalue weighted by molar-refractivity contribution is 5.96. The zero-order chi connectivity index (χ0) is 21.7. The average Bonchev–Trinajstić information content (AvgIpc) is 3.09. The van der Waals surface area contributed by atoms with Gasteiger partial charge in [0, 0.05) is 12.5 Å². The summed E-state index contributed by atoms with van der Waals surface area (Å²) < 4.78 is 31.5. The van der Waals surface area contributed by atoms with Gasteiger partial charge in [0.25, 0.3) is 5.91 Å². The first kappa shape index (κ1) is 21.2. The summed E-state index contributed by atoms with van der Waals surface area (Å²) in [7, 11) is 1.27. The highest BCUT2D eigenvalue weighted by Gasteiger charge is 2.38. The smallest absolute Gasteiger partial charge is 0.327 e. The number of hydrogen-bond donors (Lipinski definition) is 2. The van der Waals surface area contributed by atoms with E-state index in [9.17, 15) is 18.4 Å². The van der Waals surface area contributed by atoms with Gasteiger partial charge in [-0.2, -0.15) is 0 Å². The van der Waals surface area contributed by atoms with E-state index in [1.807, 2.05) is 6.07 Å². The van der Waals surface area contributed by atoms with Crippen LogP contribution >= 0.6 is 0 Å². The van der Waals surface area contributed by atoms with Crippen LogP contribution in [-0.4, -0.2) is 43.5 Å². The lowest BCUT2D eigenvalue weighted by atomic mass is 10.0. The zero-order valence-corrected chi connectivity index (χ0v) is 16.6. The normalized spacial score (nSPS) is 17.7. The summed E-state index contributed by atoms with van der Waals surface area (Å²) in [4.78, 5) is 29.2. The second-order valence-electron chi connectivity index (χ2n) is 7.08. The maximum Gasteiger partial charge on any atom is 0.327 e. The lowest BCUT2D eigenvalue weighted by molar-refractivity contribution is -0.139. The summed E-state index contributed by atoms with van der Waals surface area (Å²) in [6.07, 6.45) is 0.155. The molecule has 2 aromatic rings. The first-order valence-corrected chi connectivity index (χ1v) is 9.27. The second kappa shape index (κ2) is 8.89. The second-order valence-corrected chi connectivity index (χ2v) is 7.08. The zero-order valence-electron chi connectivity index (χ0n) is 16.6. The number of carbonyl (C=O) groups excluding carboxylic acids is 2. The van der Waals surface area contributed by atoms with E-state index in [1.54, 1.807) is 31.2 Å². The molecule has 1 unspecified atom stereocenters. The predicted molar refractivity (Wildman–Crippen MR) is 108 cm³/mol. The third-order valence-electron chi connectivity index (χ3n) is 4.62. The quantitative estimate of drug-likeness (QED) is 0.533. The Hall–Kier alpha value is -3.49. The Morgan fingerprint density at radius 1 is 1.20 bits per heavy atom. The first-order valence-electron chi connectivity index (χ1n) is 9.27. The molecule has 0 radical (unpaired) electrons. The maximum atomic E-state index is 13.4. The van der Waals surface area contributed by atoms with Crippen molar-refractivity contribution in [1.82, 2.24) is 10.7 Å². The van der Waals surface area contributed by atoms with Crippen molar-refractivity contribution in [3.63, 3.8) is 0 Å². The van der Waals surface area contributed by atoms with Gasteiger partial charge in [0.1, 0.15) is 24.0 Å². The molecule has 3 rings (SSSR count). The van der Waals surface area contributed by atoms with Gasteiger partial charge in [0.05, 0.1) is 19.3 Å². The fraction of sp³-hybridized carbons (Fsp3) is 0.286. The molecule has 0 aliphatic carbocycles. The Bertz CT molecular complexity index is 948. The number of hydrazine groups is 1. The van der Waals surface area contributed by atoms with E-state index in [0.717, 1.165) is 6.07 Å². The third-order valence-corrected chi connectivity index (χ3v) is 4.62. The minimum Gasteiger partial charge on any atom is -0.468 e. The molecule has 158 valence electrons. The summed E-state index contributed by atoms with van der Waals surface area (Å²) in [6, 6.07) is 12.1. The van der Waals surface area contributed by atoms with E-state index in [0.29, 0.717) is 17.1 Å². The number of rotatable bonds is 7. The Morgan fingerprint density at radius 2 is 1.87 bits per heavy atom. The molecular weight excluding hydrogens is 394 g/mol. The summed E-state index contributed by atoms with van der Waals surface area (Å²) >= 11 is 0. The van der Waals surface area contributed by atoms with Crippen molar-refractivity contribution in [3.8, 4) is 0 Å². The number of benzene rings is 2. The van der Waals surface area contributed by atoms with Crippen molar-refractivity contribution in [1.29, 1.82) is 0 Å². The summed E-state index contributed by atoms with van der Waals surface area (Å²) in [5.41, 5.74) is 2.55. The Morgan fingerprint density at radius 3 is 2.50 bits per heavy atom. The SMILES string of the molecule is COC(=O)CN(NC(=O)C1(C)CNC(Cc2cc(F)cc(F)c2)=N1)c1ccccc1. The molecule has 0 bridgehead atoms. The van der Waals surface area contributed by atoms with Gasteiger partial charge in [-0.05, 0) is 36.8 Å². The van der Waals surface area contributed by atoms with Gasteiger partial charge in [0.2, 0.25) is 0 Å². The van der Waals surface area contributed by atoms with Crippen molar-refractivity contribution in [2.24, 2.45) is 4.99 Å². The number of amidine groups is 1. The van der Waals surface area contributed by atoms with Crippen LogP contribution in [-0.2, 0) is 20.7 Å². The summed E-state index contributed by atoms with van der Waals surface area (Å²) in [6.45, 7) is 1.65. The molecule has 0 spiro atoms. The molecule has 30 heavy (non-hydrogen) atoms. The molecule has 2 aromatic carbocycles. The number of hydrogen-bond acceptors (Lipinski definition) is 6. The minimum absolute atomic E-state index is 0.155. The van der Waals surface area contributed by atoms with E-state index in [1.165, 1.54) is 24.3 Å². The number of carbonyl (C=O) groups is 2. The number of para-hydroxylation sites is 1. The van der Waals surface area contributed by atoms with Crippen molar-refractivity contribution in [2.45, 2.75) is 18.9 Å². The van der Waals surface area contributed by atoms with E-state index < -0.39 is 29.0 Å². The van der Waals surface area contributed by atoms with E-state index in [4.69, 9.17) is 4.74 Å².